The van der Waals surface area contributed by atoms with Gasteiger partial charge in [0.05, 0.1) is 11.3 Å². The summed E-state index contributed by atoms with van der Waals surface area (Å²) >= 11 is 3.41. The summed E-state index contributed by atoms with van der Waals surface area (Å²) in [6.45, 7) is 3.75. The molecule has 0 spiro atoms. The van der Waals surface area contributed by atoms with Crippen LogP contribution in [0.4, 0.5) is 5.69 Å². The number of rotatable bonds is 4. The summed E-state index contributed by atoms with van der Waals surface area (Å²) in [4.78, 5) is 28.5. The molecule has 0 fully saturated rings. The van der Waals surface area contributed by atoms with Crippen molar-refractivity contribution in [3.63, 3.8) is 0 Å². The van der Waals surface area contributed by atoms with Gasteiger partial charge >= 0.3 is 5.97 Å². The van der Waals surface area contributed by atoms with Crippen LogP contribution in [0, 0.1) is 6.92 Å². The van der Waals surface area contributed by atoms with E-state index in [1.165, 1.54) is 12.1 Å². The Morgan fingerprint density at radius 2 is 2.04 bits per heavy atom. The zero-order valence-electron chi connectivity index (χ0n) is 13.7. The highest BCUT2D eigenvalue weighted by Crippen LogP contribution is 2.21. The second-order valence-electron chi connectivity index (χ2n) is 5.63. The van der Waals surface area contributed by atoms with Gasteiger partial charge in [0.1, 0.15) is 11.3 Å². The lowest BCUT2D eigenvalue weighted by atomic mass is 10.1. The number of carboxylic acid groups (broad SMARTS) is 1. The van der Waals surface area contributed by atoms with Gasteiger partial charge in [-0.15, -0.1) is 0 Å². The minimum Gasteiger partial charge on any atom is -0.478 e. The lowest BCUT2D eigenvalue weighted by molar-refractivity contribution is 0.0696. The van der Waals surface area contributed by atoms with Gasteiger partial charge in [-0.1, -0.05) is 13.0 Å². The van der Waals surface area contributed by atoms with E-state index in [-0.39, 0.29) is 11.5 Å². The molecular formula is C18H16BrN3O3. The van der Waals surface area contributed by atoms with Gasteiger partial charge in [-0.05, 0) is 59.1 Å². The lowest BCUT2D eigenvalue weighted by Gasteiger charge is -2.10. The Morgan fingerprint density at radius 1 is 1.28 bits per heavy atom. The molecule has 0 unspecified atom stereocenters. The van der Waals surface area contributed by atoms with E-state index in [1.54, 1.807) is 16.7 Å². The van der Waals surface area contributed by atoms with Crippen LogP contribution < -0.4 is 5.32 Å². The quantitative estimate of drug-likeness (QED) is 0.693. The largest absolute Gasteiger partial charge is 0.478 e. The van der Waals surface area contributed by atoms with Crippen molar-refractivity contribution in [1.82, 2.24) is 9.38 Å². The molecule has 0 bridgehead atoms. The van der Waals surface area contributed by atoms with Crippen LogP contribution in [0.25, 0.3) is 5.65 Å². The van der Waals surface area contributed by atoms with Gasteiger partial charge in [0.25, 0.3) is 5.91 Å². The summed E-state index contributed by atoms with van der Waals surface area (Å²) in [5, 5.41) is 12.0. The molecule has 3 rings (SSSR count). The van der Waals surface area contributed by atoms with Crippen LogP contribution in [-0.4, -0.2) is 26.4 Å². The molecule has 0 aliphatic rings. The van der Waals surface area contributed by atoms with E-state index in [0.717, 1.165) is 10.0 Å². The van der Waals surface area contributed by atoms with Crippen molar-refractivity contribution in [2.24, 2.45) is 0 Å². The Labute approximate surface area is 152 Å². The third-order valence-electron chi connectivity index (χ3n) is 3.94. The second-order valence-corrected chi connectivity index (χ2v) is 6.54. The fourth-order valence-electron chi connectivity index (χ4n) is 2.63. The SMILES string of the molecule is CCc1nc2ccc(Br)cn2c1C(=O)Nc1cc(C(=O)O)ccc1C. The van der Waals surface area contributed by atoms with Crippen LogP contribution in [0.15, 0.2) is 41.0 Å². The third kappa shape index (κ3) is 3.28. The average Bonchev–Trinajstić information content (AvgIpc) is 2.94. The molecule has 0 atom stereocenters. The maximum Gasteiger partial charge on any atom is 0.335 e. The maximum atomic E-state index is 12.9. The molecule has 2 N–H and O–H groups in total. The first kappa shape index (κ1) is 17.2. The zero-order chi connectivity index (χ0) is 18.1. The summed E-state index contributed by atoms with van der Waals surface area (Å²) in [7, 11) is 0. The number of aryl methyl sites for hydroxylation is 2. The number of halogens is 1. The Bertz CT molecular complexity index is 995. The summed E-state index contributed by atoms with van der Waals surface area (Å²) in [6, 6.07) is 8.33. The van der Waals surface area contributed by atoms with Gasteiger partial charge in [-0.25, -0.2) is 9.78 Å². The van der Waals surface area contributed by atoms with E-state index in [2.05, 4.69) is 26.2 Å². The fraction of sp³-hybridized carbons (Fsp3) is 0.167. The number of amides is 1. The zero-order valence-corrected chi connectivity index (χ0v) is 15.3. The molecule has 1 amide bonds. The standard InChI is InChI=1S/C18H16BrN3O3/c1-3-13-16(22-9-12(19)6-7-15(22)20-13)17(23)21-14-8-11(18(24)25)5-4-10(14)2/h4-9H,3H2,1-2H3,(H,21,23)(H,24,25). The molecule has 2 aromatic heterocycles. The number of hydrogen-bond acceptors (Lipinski definition) is 3. The van der Waals surface area contributed by atoms with Crippen molar-refractivity contribution < 1.29 is 14.7 Å². The van der Waals surface area contributed by atoms with E-state index < -0.39 is 5.97 Å². The second kappa shape index (κ2) is 6.68. The number of imidazole rings is 1. The predicted octanol–water partition coefficient (Wildman–Crippen LogP) is 3.92. The van der Waals surface area contributed by atoms with Crippen molar-refractivity contribution in [1.29, 1.82) is 0 Å². The summed E-state index contributed by atoms with van der Waals surface area (Å²) in [5.41, 5.74) is 3.18. The summed E-state index contributed by atoms with van der Waals surface area (Å²) < 4.78 is 2.56. The van der Waals surface area contributed by atoms with Crippen LogP contribution in [0.2, 0.25) is 0 Å². The molecule has 0 aliphatic heterocycles. The van der Waals surface area contributed by atoms with Gasteiger partial charge in [0.2, 0.25) is 0 Å². The molecule has 0 radical (unpaired) electrons. The van der Waals surface area contributed by atoms with Crippen molar-refractivity contribution in [3.05, 3.63) is 63.5 Å². The Morgan fingerprint density at radius 3 is 2.72 bits per heavy atom. The van der Waals surface area contributed by atoms with Gasteiger partial charge < -0.3 is 10.4 Å². The number of aromatic carboxylic acids is 1. The fourth-order valence-corrected chi connectivity index (χ4v) is 2.96. The Balaban J connectivity index is 2.05. The summed E-state index contributed by atoms with van der Waals surface area (Å²) in [6.07, 6.45) is 2.40. The van der Waals surface area contributed by atoms with Gasteiger partial charge in [0, 0.05) is 16.4 Å². The molecule has 25 heavy (non-hydrogen) atoms. The molecule has 128 valence electrons. The monoisotopic (exact) mass is 401 g/mol. The molecule has 0 saturated carbocycles. The number of fused-ring (bicyclic) bond motifs is 1. The number of carbonyl (C=O) groups is 2. The normalized spacial score (nSPS) is 10.8. The van der Waals surface area contributed by atoms with Crippen LogP contribution in [0.3, 0.4) is 0 Å². The minimum absolute atomic E-state index is 0.123. The first-order chi connectivity index (χ1) is 11.9. The summed E-state index contributed by atoms with van der Waals surface area (Å²) in [5.74, 6) is -1.36. The van der Waals surface area contributed by atoms with Crippen LogP contribution >= 0.6 is 15.9 Å². The Hall–Kier alpha value is -2.67. The smallest absolute Gasteiger partial charge is 0.335 e. The minimum atomic E-state index is -1.04. The molecule has 7 heteroatoms. The molecule has 1 aromatic carbocycles. The number of pyridine rings is 1. The topological polar surface area (TPSA) is 83.7 Å². The lowest BCUT2D eigenvalue weighted by Crippen LogP contribution is -2.17. The number of anilines is 1. The van der Waals surface area contributed by atoms with Gasteiger partial charge in [-0.3, -0.25) is 9.20 Å². The predicted molar refractivity (Wildman–Crippen MR) is 98.4 cm³/mol. The van der Waals surface area contributed by atoms with E-state index >= 15 is 0 Å². The number of benzene rings is 1. The number of aromatic nitrogens is 2. The van der Waals surface area contributed by atoms with Crippen molar-refractivity contribution >= 4 is 39.1 Å². The number of nitrogens with zero attached hydrogens (tertiary/aromatic N) is 2. The van der Waals surface area contributed by atoms with E-state index in [9.17, 15) is 9.59 Å². The van der Waals surface area contributed by atoms with Crippen LogP contribution in [0.1, 0.15) is 39.0 Å². The number of carbonyl (C=O) groups excluding carboxylic acids is 1. The molecule has 0 aliphatic carbocycles. The first-order valence-electron chi connectivity index (χ1n) is 7.72. The maximum absolute atomic E-state index is 12.9. The molecule has 0 saturated heterocycles. The highest BCUT2D eigenvalue weighted by molar-refractivity contribution is 9.10. The van der Waals surface area contributed by atoms with Gasteiger partial charge in [-0.2, -0.15) is 0 Å². The number of hydrogen-bond donors (Lipinski definition) is 2. The molecule has 2 heterocycles. The number of carboxylic acids is 1. The average molecular weight is 402 g/mol. The highest BCUT2D eigenvalue weighted by Gasteiger charge is 2.19. The van der Waals surface area contributed by atoms with Crippen molar-refractivity contribution in [2.45, 2.75) is 20.3 Å². The molecular weight excluding hydrogens is 386 g/mol. The van der Waals surface area contributed by atoms with E-state index in [4.69, 9.17) is 5.11 Å². The molecule has 3 aromatic rings. The molecule has 6 nitrogen and oxygen atoms in total. The van der Waals surface area contributed by atoms with Crippen molar-refractivity contribution in [3.8, 4) is 0 Å². The van der Waals surface area contributed by atoms with Crippen LogP contribution in [0.5, 0.6) is 0 Å². The van der Waals surface area contributed by atoms with Crippen molar-refractivity contribution in [2.75, 3.05) is 5.32 Å². The number of nitrogens with one attached hydrogen (secondary N) is 1. The van der Waals surface area contributed by atoms with E-state index in [1.807, 2.05) is 26.0 Å². The third-order valence-corrected chi connectivity index (χ3v) is 4.41. The van der Waals surface area contributed by atoms with Crippen LogP contribution in [-0.2, 0) is 6.42 Å². The van der Waals surface area contributed by atoms with Gasteiger partial charge in [0.15, 0.2) is 0 Å². The first-order valence-corrected chi connectivity index (χ1v) is 8.51. The van der Waals surface area contributed by atoms with E-state index in [0.29, 0.717) is 29.1 Å². The highest BCUT2D eigenvalue weighted by atomic mass is 79.9. The Kier molecular flexibility index (Phi) is 4.59.